The largest absolute Gasteiger partial charge is 0.328 e. The average molecular weight is 335 g/mol. The van der Waals surface area contributed by atoms with Crippen LogP contribution in [0.25, 0.3) is 0 Å². The van der Waals surface area contributed by atoms with E-state index >= 15 is 0 Å². The van der Waals surface area contributed by atoms with E-state index in [1.54, 1.807) is 22.9 Å². The monoisotopic (exact) mass is 334 g/mol. The van der Waals surface area contributed by atoms with Gasteiger partial charge >= 0.3 is 0 Å². The van der Waals surface area contributed by atoms with E-state index in [0.29, 0.717) is 33.6 Å². The van der Waals surface area contributed by atoms with Gasteiger partial charge in [0, 0.05) is 33.3 Å². The zero-order valence-corrected chi connectivity index (χ0v) is 13.0. The third-order valence-electron chi connectivity index (χ3n) is 4.08. The second kappa shape index (κ2) is 5.11. The topological polar surface area (TPSA) is 59.8 Å². The molecule has 0 amide bonds. The number of carbonyl (C=O) groups excluding carboxylic acids is 1. The molecule has 5 nitrogen and oxygen atoms in total. The zero-order chi connectivity index (χ0) is 15.3. The number of aromatic nitrogens is 3. The van der Waals surface area contributed by atoms with Gasteiger partial charge in [-0.1, -0.05) is 29.3 Å². The minimum atomic E-state index is -0.428. The van der Waals surface area contributed by atoms with E-state index in [1.807, 2.05) is 0 Å². The Morgan fingerprint density at radius 2 is 2.00 bits per heavy atom. The summed E-state index contributed by atoms with van der Waals surface area (Å²) in [5.41, 5.74) is 2.29. The molecule has 1 atom stereocenters. The molecule has 1 aliphatic heterocycles. The molecular formula is C15H12Cl2N4O. The van der Waals surface area contributed by atoms with Crippen LogP contribution < -0.4 is 5.32 Å². The molecule has 7 heteroatoms. The number of carbonyl (C=O) groups is 1. The molecule has 1 aromatic carbocycles. The zero-order valence-electron chi connectivity index (χ0n) is 11.5. The first-order chi connectivity index (χ1) is 10.7. The van der Waals surface area contributed by atoms with Crippen LogP contribution in [-0.4, -0.2) is 20.5 Å². The molecule has 0 saturated heterocycles. The van der Waals surface area contributed by atoms with Crippen LogP contribution in [0.15, 0.2) is 35.8 Å². The fourth-order valence-electron chi connectivity index (χ4n) is 3.13. The summed E-state index contributed by atoms with van der Waals surface area (Å²) >= 11 is 12.8. The van der Waals surface area contributed by atoms with Crippen molar-refractivity contribution < 1.29 is 4.79 Å². The molecular weight excluding hydrogens is 323 g/mol. The van der Waals surface area contributed by atoms with Gasteiger partial charge < -0.3 is 5.32 Å². The van der Waals surface area contributed by atoms with E-state index in [9.17, 15) is 4.79 Å². The Morgan fingerprint density at radius 1 is 1.23 bits per heavy atom. The first-order valence-electron chi connectivity index (χ1n) is 7.03. The Morgan fingerprint density at radius 3 is 2.77 bits per heavy atom. The Balaban J connectivity index is 1.99. The van der Waals surface area contributed by atoms with Crippen LogP contribution in [0.5, 0.6) is 0 Å². The van der Waals surface area contributed by atoms with Gasteiger partial charge in [0.05, 0.1) is 0 Å². The first kappa shape index (κ1) is 13.8. The number of rotatable bonds is 1. The van der Waals surface area contributed by atoms with Crippen LogP contribution in [-0.2, 0) is 4.79 Å². The van der Waals surface area contributed by atoms with Gasteiger partial charge in [-0.25, -0.2) is 4.68 Å². The number of Topliss-reactive ketones (excluding diaryl/α,β-unsaturated/α-hetero) is 1. The minimum Gasteiger partial charge on any atom is -0.328 e. The summed E-state index contributed by atoms with van der Waals surface area (Å²) in [6.45, 7) is 0. The average Bonchev–Trinajstić information content (AvgIpc) is 2.94. The summed E-state index contributed by atoms with van der Waals surface area (Å²) in [6.07, 6.45) is 3.64. The number of nitrogens with one attached hydrogen (secondary N) is 1. The molecule has 0 saturated carbocycles. The lowest BCUT2D eigenvalue weighted by Gasteiger charge is -2.32. The lowest BCUT2D eigenvalue weighted by Crippen LogP contribution is -2.31. The molecule has 112 valence electrons. The number of halogens is 2. The molecule has 1 N–H and O–H groups in total. The van der Waals surface area contributed by atoms with Crippen molar-refractivity contribution in [2.45, 2.75) is 25.3 Å². The van der Waals surface area contributed by atoms with Gasteiger partial charge in [0.2, 0.25) is 5.95 Å². The summed E-state index contributed by atoms with van der Waals surface area (Å²) in [7, 11) is 0. The van der Waals surface area contributed by atoms with Crippen LogP contribution in [0.4, 0.5) is 5.95 Å². The molecule has 4 rings (SSSR count). The molecule has 0 spiro atoms. The molecule has 22 heavy (non-hydrogen) atoms. The highest BCUT2D eigenvalue weighted by Gasteiger charge is 2.37. The van der Waals surface area contributed by atoms with Gasteiger partial charge in [0.15, 0.2) is 5.78 Å². The van der Waals surface area contributed by atoms with Crippen LogP contribution in [0.1, 0.15) is 30.9 Å². The smallest absolute Gasteiger partial charge is 0.226 e. The second-order valence-electron chi connectivity index (χ2n) is 5.36. The third-order valence-corrected chi connectivity index (χ3v) is 4.74. The quantitative estimate of drug-likeness (QED) is 0.865. The molecule has 0 radical (unpaired) electrons. The van der Waals surface area contributed by atoms with Gasteiger partial charge in [-0.2, -0.15) is 10.1 Å². The van der Waals surface area contributed by atoms with Gasteiger partial charge in [-0.05, 0) is 25.0 Å². The fourth-order valence-corrected chi connectivity index (χ4v) is 3.74. The minimum absolute atomic E-state index is 0.107. The van der Waals surface area contributed by atoms with Gasteiger partial charge in [-0.15, -0.1) is 0 Å². The highest BCUT2D eigenvalue weighted by atomic mass is 35.5. The number of anilines is 1. The normalized spacial score (nSPS) is 20.5. The number of allylic oxidation sites excluding steroid dienone is 2. The van der Waals surface area contributed by atoms with E-state index in [0.717, 1.165) is 18.5 Å². The number of ketones is 1. The third kappa shape index (κ3) is 1.96. The van der Waals surface area contributed by atoms with Crippen molar-refractivity contribution in [3.05, 3.63) is 51.4 Å². The molecule has 2 heterocycles. The maximum Gasteiger partial charge on any atom is 0.226 e. The molecule has 2 aliphatic rings. The van der Waals surface area contributed by atoms with E-state index in [2.05, 4.69) is 15.4 Å². The van der Waals surface area contributed by atoms with Gasteiger partial charge in [0.1, 0.15) is 12.4 Å². The molecule has 0 unspecified atom stereocenters. The van der Waals surface area contributed by atoms with Crippen LogP contribution in [0, 0.1) is 0 Å². The Hall–Kier alpha value is -1.85. The number of benzene rings is 1. The Kier molecular flexibility index (Phi) is 3.20. The van der Waals surface area contributed by atoms with E-state index in [1.165, 1.54) is 6.33 Å². The lowest BCUT2D eigenvalue weighted by molar-refractivity contribution is -0.116. The van der Waals surface area contributed by atoms with Crippen LogP contribution >= 0.6 is 23.2 Å². The van der Waals surface area contributed by atoms with Crippen molar-refractivity contribution in [1.29, 1.82) is 0 Å². The van der Waals surface area contributed by atoms with Crippen molar-refractivity contribution in [3.63, 3.8) is 0 Å². The molecule has 2 aromatic rings. The van der Waals surface area contributed by atoms with Gasteiger partial charge in [0.25, 0.3) is 0 Å². The van der Waals surface area contributed by atoms with Crippen LogP contribution in [0.2, 0.25) is 10.0 Å². The van der Waals surface area contributed by atoms with E-state index < -0.39 is 6.04 Å². The highest BCUT2D eigenvalue weighted by molar-refractivity contribution is 6.36. The van der Waals surface area contributed by atoms with Crippen LogP contribution in [0.3, 0.4) is 0 Å². The highest BCUT2D eigenvalue weighted by Crippen LogP contribution is 2.43. The number of fused-ring (bicyclic) bond motifs is 1. The van der Waals surface area contributed by atoms with Crippen molar-refractivity contribution in [2.24, 2.45) is 0 Å². The van der Waals surface area contributed by atoms with Crippen molar-refractivity contribution >= 4 is 34.9 Å². The molecule has 1 aliphatic carbocycles. The van der Waals surface area contributed by atoms with Crippen molar-refractivity contribution in [1.82, 2.24) is 14.8 Å². The van der Waals surface area contributed by atoms with E-state index in [4.69, 9.17) is 23.2 Å². The maximum atomic E-state index is 12.5. The predicted octanol–water partition coefficient (Wildman–Crippen LogP) is 3.61. The summed E-state index contributed by atoms with van der Waals surface area (Å²) in [5.74, 6) is 0.713. The van der Waals surface area contributed by atoms with Crippen molar-refractivity contribution in [2.75, 3.05) is 5.32 Å². The first-order valence-corrected chi connectivity index (χ1v) is 7.79. The predicted molar refractivity (Wildman–Crippen MR) is 84.1 cm³/mol. The summed E-state index contributed by atoms with van der Waals surface area (Å²) < 4.78 is 1.68. The standard InChI is InChI=1S/C15H12Cl2N4O/c16-8-3-1-4-9(17)12(8)14-13-10(5-2-6-11(13)22)20-15-18-7-19-21(14)15/h1,3-4,7,14H,2,5-6H2,(H,18,19,20)/t14-/m0/s1. The maximum absolute atomic E-state index is 12.5. The Bertz CT molecular complexity index is 791. The molecule has 1 aromatic heterocycles. The molecule has 0 bridgehead atoms. The van der Waals surface area contributed by atoms with Crippen molar-refractivity contribution in [3.8, 4) is 0 Å². The summed E-state index contributed by atoms with van der Waals surface area (Å²) in [4.78, 5) is 16.7. The Labute approximate surface area is 136 Å². The summed E-state index contributed by atoms with van der Waals surface area (Å²) in [6, 6.07) is 4.90. The number of hydrogen-bond donors (Lipinski definition) is 1. The van der Waals surface area contributed by atoms with Gasteiger partial charge in [-0.3, -0.25) is 4.79 Å². The number of nitrogens with zero attached hydrogens (tertiary/aromatic N) is 3. The van der Waals surface area contributed by atoms with E-state index in [-0.39, 0.29) is 5.78 Å². The molecule has 0 fully saturated rings. The second-order valence-corrected chi connectivity index (χ2v) is 6.17. The lowest BCUT2D eigenvalue weighted by atomic mass is 9.85. The SMILES string of the molecule is O=C1CCCC2=C1[C@H](c1c(Cl)cccc1Cl)n1ncnc1N2. The number of hydrogen-bond acceptors (Lipinski definition) is 4. The fraction of sp³-hybridized carbons (Fsp3) is 0.267. The summed E-state index contributed by atoms with van der Waals surface area (Å²) in [5, 5.41) is 8.51.